The Bertz CT molecular complexity index is 1380. The van der Waals surface area contributed by atoms with Crippen molar-refractivity contribution in [2.45, 2.75) is 25.7 Å². The van der Waals surface area contributed by atoms with Crippen LogP contribution in [-0.4, -0.2) is 18.7 Å². The third-order valence-corrected chi connectivity index (χ3v) is 5.71. The van der Waals surface area contributed by atoms with Crippen molar-refractivity contribution in [3.05, 3.63) is 112 Å². The second kappa shape index (κ2) is 11.2. The first-order chi connectivity index (χ1) is 16.9. The molecule has 0 spiro atoms. The minimum atomic E-state index is -0.942. The van der Waals surface area contributed by atoms with Crippen LogP contribution in [0.5, 0.6) is 0 Å². The molecule has 0 aliphatic rings. The van der Waals surface area contributed by atoms with E-state index in [9.17, 15) is 17.6 Å². The van der Waals surface area contributed by atoms with Crippen molar-refractivity contribution < 1.29 is 22.3 Å². The summed E-state index contributed by atoms with van der Waals surface area (Å²) in [4.78, 5) is 4.43. The van der Waals surface area contributed by atoms with Gasteiger partial charge in [0, 0.05) is 36.6 Å². The van der Waals surface area contributed by atoms with E-state index in [1.165, 1.54) is 30.3 Å². The largest absolute Gasteiger partial charge is 0.385 e. The lowest BCUT2D eigenvalue weighted by molar-refractivity contribution is 0.195. The van der Waals surface area contributed by atoms with Crippen LogP contribution in [0.3, 0.4) is 0 Å². The van der Waals surface area contributed by atoms with E-state index in [-0.39, 0.29) is 10.9 Å². The third-order valence-electron chi connectivity index (χ3n) is 5.71. The Morgan fingerprint density at radius 1 is 0.771 bits per heavy atom. The van der Waals surface area contributed by atoms with E-state index < -0.39 is 23.3 Å². The minimum absolute atomic E-state index is 0.118. The molecular formula is C29H23F4NO. The van der Waals surface area contributed by atoms with E-state index in [0.29, 0.717) is 36.0 Å². The molecular weight excluding hydrogens is 454 g/mol. The molecule has 0 saturated heterocycles. The van der Waals surface area contributed by atoms with E-state index in [1.54, 1.807) is 13.2 Å². The molecule has 4 aromatic rings. The predicted octanol–water partition coefficient (Wildman–Crippen LogP) is 6.56. The van der Waals surface area contributed by atoms with Crippen molar-refractivity contribution in [1.29, 1.82) is 0 Å². The highest BCUT2D eigenvalue weighted by atomic mass is 19.2. The molecule has 0 aliphatic heterocycles. The average Bonchev–Trinajstić information content (AvgIpc) is 2.85. The van der Waals surface area contributed by atoms with Gasteiger partial charge in [-0.25, -0.2) is 17.6 Å². The molecule has 3 aromatic carbocycles. The van der Waals surface area contributed by atoms with Crippen LogP contribution in [0.2, 0.25) is 0 Å². The molecule has 0 radical (unpaired) electrons. The van der Waals surface area contributed by atoms with Gasteiger partial charge in [-0.05, 0) is 78.6 Å². The molecule has 0 unspecified atom stereocenters. The number of methoxy groups -OCH3 is 1. The number of benzene rings is 3. The fourth-order valence-corrected chi connectivity index (χ4v) is 3.81. The van der Waals surface area contributed by atoms with Gasteiger partial charge >= 0.3 is 0 Å². The summed E-state index contributed by atoms with van der Waals surface area (Å²) in [5, 5.41) is 0.566. The van der Waals surface area contributed by atoms with Crippen molar-refractivity contribution >= 4 is 10.8 Å². The van der Waals surface area contributed by atoms with Crippen LogP contribution in [0, 0.1) is 35.1 Å². The molecule has 6 heteroatoms. The van der Waals surface area contributed by atoms with Crippen molar-refractivity contribution in [2.24, 2.45) is 0 Å². The van der Waals surface area contributed by atoms with Crippen molar-refractivity contribution in [3.8, 4) is 11.8 Å². The summed E-state index contributed by atoms with van der Waals surface area (Å²) < 4.78 is 61.5. The maximum Gasteiger partial charge on any atom is 0.166 e. The molecule has 0 atom stereocenters. The van der Waals surface area contributed by atoms with E-state index in [2.05, 4.69) is 16.8 Å². The standard InChI is InChI=1S/C29H23F4NO/c1-35-14-2-3-20-4-9-23(34-18-20)10-5-21-16-27(31)25(28(32)17-21)12-7-19-6-11-24-22(15-19)8-13-26(30)29(24)33/h4,6,8-9,11,13,15-18H,2-3,5,10,14H2,1H3. The van der Waals surface area contributed by atoms with Crippen LogP contribution in [0.25, 0.3) is 10.8 Å². The molecule has 4 rings (SSSR count). The van der Waals surface area contributed by atoms with Gasteiger partial charge in [-0.15, -0.1) is 0 Å². The molecule has 178 valence electrons. The fraction of sp³-hybridized carbons (Fsp3) is 0.207. The number of aromatic nitrogens is 1. The quantitative estimate of drug-likeness (QED) is 0.171. The van der Waals surface area contributed by atoms with E-state index >= 15 is 0 Å². The van der Waals surface area contributed by atoms with Gasteiger partial charge in [0.25, 0.3) is 0 Å². The number of pyridine rings is 1. The van der Waals surface area contributed by atoms with Crippen LogP contribution in [0.15, 0.2) is 60.8 Å². The second-order valence-electron chi connectivity index (χ2n) is 8.24. The van der Waals surface area contributed by atoms with Gasteiger partial charge in [0.15, 0.2) is 11.6 Å². The molecule has 0 aliphatic carbocycles. The number of hydrogen-bond acceptors (Lipinski definition) is 2. The molecule has 35 heavy (non-hydrogen) atoms. The molecule has 1 heterocycles. The second-order valence-corrected chi connectivity index (χ2v) is 8.24. The van der Waals surface area contributed by atoms with Gasteiger partial charge in [0.05, 0.1) is 5.56 Å². The van der Waals surface area contributed by atoms with Gasteiger partial charge in [0.2, 0.25) is 0 Å². The maximum atomic E-state index is 14.6. The Balaban J connectivity index is 1.44. The van der Waals surface area contributed by atoms with Gasteiger partial charge in [-0.1, -0.05) is 30.0 Å². The molecule has 0 N–H and O–H groups in total. The zero-order valence-corrected chi connectivity index (χ0v) is 19.2. The lowest BCUT2D eigenvalue weighted by Crippen LogP contribution is -1.99. The van der Waals surface area contributed by atoms with Crippen molar-refractivity contribution in [3.63, 3.8) is 0 Å². The predicted molar refractivity (Wildman–Crippen MR) is 128 cm³/mol. The third kappa shape index (κ3) is 6.06. The summed E-state index contributed by atoms with van der Waals surface area (Å²) in [6.45, 7) is 0.697. The summed E-state index contributed by atoms with van der Waals surface area (Å²) in [5.41, 5.74) is 2.58. The molecule has 0 saturated carbocycles. The first-order valence-electron chi connectivity index (χ1n) is 11.2. The number of fused-ring (bicyclic) bond motifs is 1. The zero-order valence-electron chi connectivity index (χ0n) is 19.2. The SMILES string of the molecule is COCCCc1ccc(CCc2cc(F)c(C#Cc3ccc4c(F)c(F)ccc4c3)c(F)c2)nc1. The lowest BCUT2D eigenvalue weighted by Gasteiger charge is -2.06. The Morgan fingerprint density at radius 2 is 1.57 bits per heavy atom. The number of hydrogen-bond donors (Lipinski definition) is 0. The summed E-state index contributed by atoms with van der Waals surface area (Å²) in [5.74, 6) is 1.86. The number of rotatable bonds is 7. The Morgan fingerprint density at radius 3 is 2.29 bits per heavy atom. The monoisotopic (exact) mass is 477 g/mol. The number of aryl methyl sites for hydroxylation is 3. The molecule has 1 aromatic heterocycles. The average molecular weight is 478 g/mol. The first-order valence-corrected chi connectivity index (χ1v) is 11.2. The van der Waals surface area contributed by atoms with E-state index in [4.69, 9.17) is 4.74 Å². The highest BCUT2D eigenvalue weighted by Gasteiger charge is 2.11. The van der Waals surface area contributed by atoms with Crippen LogP contribution >= 0.6 is 0 Å². The Hall–Kier alpha value is -3.69. The fourth-order valence-electron chi connectivity index (χ4n) is 3.81. The number of ether oxygens (including phenoxy) is 1. The lowest BCUT2D eigenvalue weighted by atomic mass is 10.0. The molecule has 2 nitrogen and oxygen atoms in total. The van der Waals surface area contributed by atoms with E-state index in [1.807, 2.05) is 18.3 Å². The van der Waals surface area contributed by atoms with Crippen LogP contribution in [-0.2, 0) is 24.0 Å². The first kappa shape index (κ1) is 24.4. The molecule has 0 bridgehead atoms. The summed E-state index contributed by atoms with van der Waals surface area (Å²) in [7, 11) is 1.67. The zero-order chi connectivity index (χ0) is 24.8. The van der Waals surface area contributed by atoms with Crippen LogP contribution < -0.4 is 0 Å². The summed E-state index contributed by atoms with van der Waals surface area (Å²) >= 11 is 0. The number of nitrogens with zero attached hydrogens (tertiary/aromatic N) is 1. The van der Waals surface area contributed by atoms with E-state index in [0.717, 1.165) is 30.2 Å². The molecule has 0 fully saturated rings. The smallest absolute Gasteiger partial charge is 0.166 e. The van der Waals surface area contributed by atoms with Gasteiger partial charge in [-0.2, -0.15) is 0 Å². The van der Waals surface area contributed by atoms with Crippen molar-refractivity contribution in [1.82, 2.24) is 4.98 Å². The topological polar surface area (TPSA) is 22.1 Å². The number of halogens is 4. The van der Waals surface area contributed by atoms with Gasteiger partial charge < -0.3 is 4.74 Å². The van der Waals surface area contributed by atoms with Gasteiger partial charge in [0.1, 0.15) is 11.6 Å². The van der Waals surface area contributed by atoms with Crippen LogP contribution in [0.4, 0.5) is 17.6 Å². The minimum Gasteiger partial charge on any atom is -0.385 e. The van der Waals surface area contributed by atoms with Crippen molar-refractivity contribution in [2.75, 3.05) is 13.7 Å². The Kier molecular flexibility index (Phi) is 7.79. The maximum absolute atomic E-state index is 14.6. The normalized spacial score (nSPS) is 10.9. The summed E-state index contributed by atoms with van der Waals surface area (Å²) in [6, 6.07) is 13.4. The highest BCUT2D eigenvalue weighted by molar-refractivity contribution is 5.84. The van der Waals surface area contributed by atoms with Gasteiger partial charge in [-0.3, -0.25) is 4.98 Å². The summed E-state index contributed by atoms with van der Waals surface area (Å²) in [6.07, 6.45) is 4.61. The Labute approximate surface area is 201 Å². The highest BCUT2D eigenvalue weighted by Crippen LogP contribution is 2.22. The molecule has 0 amide bonds. The van der Waals surface area contributed by atoms with Crippen LogP contribution in [0.1, 0.15) is 34.4 Å².